The first-order valence-corrected chi connectivity index (χ1v) is 11.2. The zero-order valence-electron chi connectivity index (χ0n) is 19.0. The van der Waals surface area contributed by atoms with Crippen molar-refractivity contribution in [3.8, 4) is 0 Å². The minimum absolute atomic E-state index is 0.151. The van der Waals surface area contributed by atoms with Gasteiger partial charge in [-0.1, -0.05) is 30.3 Å². The van der Waals surface area contributed by atoms with Crippen molar-refractivity contribution < 1.29 is 54.4 Å². The average Bonchev–Trinajstić information content (AvgIpc) is 3.03. The van der Waals surface area contributed by atoms with Crippen molar-refractivity contribution in [2.75, 3.05) is 6.61 Å². The second kappa shape index (κ2) is 9.96. The normalized spacial score (nSPS) is 43.1. The SMILES string of the molecule is C[C@@]1(OC(=O)/C=C/c2ccccc2)C[C@H](O)[C@@]2(O)C=CO[C@H](O[C@H]3O[C@@H](CO)[C@H](O)[C@@H](O)[C@@H]3O)[C@H]21. The smallest absolute Gasteiger partial charge is 0.331 e. The Hall–Kier alpha value is -2.35. The van der Waals surface area contributed by atoms with Gasteiger partial charge in [0.1, 0.15) is 35.6 Å². The molecule has 3 aliphatic rings. The minimum atomic E-state index is -1.91. The highest BCUT2D eigenvalue weighted by Gasteiger charge is 2.66. The van der Waals surface area contributed by atoms with Crippen molar-refractivity contribution in [1.82, 2.24) is 0 Å². The van der Waals surface area contributed by atoms with Crippen LogP contribution in [0.25, 0.3) is 6.08 Å². The number of hydrogen-bond donors (Lipinski definition) is 6. The van der Waals surface area contributed by atoms with E-state index >= 15 is 0 Å². The van der Waals surface area contributed by atoms with Gasteiger partial charge < -0.3 is 49.6 Å². The maximum atomic E-state index is 12.6. The minimum Gasteiger partial charge on any atom is -0.472 e. The van der Waals surface area contributed by atoms with Crippen molar-refractivity contribution in [2.24, 2.45) is 5.92 Å². The number of rotatable bonds is 6. The summed E-state index contributed by atoms with van der Waals surface area (Å²) in [4.78, 5) is 12.6. The van der Waals surface area contributed by atoms with Crippen LogP contribution >= 0.6 is 0 Å². The molecule has 1 aliphatic carbocycles. The molecule has 6 N–H and O–H groups in total. The van der Waals surface area contributed by atoms with E-state index in [9.17, 15) is 35.4 Å². The van der Waals surface area contributed by atoms with E-state index in [0.717, 1.165) is 11.8 Å². The molecule has 1 saturated carbocycles. The zero-order valence-corrected chi connectivity index (χ0v) is 19.0. The third-order valence-electron chi connectivity index (χ3n) is 6.77. The molecule has 0 radical (unpaired) electrons. The van der Waals surface area contributed by atoms with Gasteiger partial charge in [-0.2, -0.15) is 0 Å². The van der Waals surface area contributed by atoms with Crippen LogP contribution in [0, 0.1) is 5.92 Å². The van der Waals surface area contributed by atoms with Gasteiger partial charge in [-0.05, 0) is 24.6 Å². The lowest BCUT2D eigenvalue weighted by Crippen LogP contribution is -2.62. The summed E-state index contributed by atoms with van der Waals surface area (Å²) in [7, 11) is 0. The molecule has 0 aromatic heterocycles. The number of fused-ring (bicyclic) bond motifs is 1. The Bertz CT molecular complexity index is 950. The topological polar surface area (TPSA) is 175 Å². The number of hydrogen-bond acceptors (Lipinski definition) is 11. The van der Waals surface area contributed by atoms with Crippen LogP contribution in [0.1, 0.15) is 18.9 Å². The Labute approximate surface area is 201 Å². The predicted molar refractivity (Wildman–Crippen MR) is 118 cm³/mol. The number of aliphatic hydroxyl groups excluding tert-OH is 5. The maximum Gasteiger partial charge on any atom is 0.331 e. The molecule has 1 aromatic rings. The molecule has 1 saturated heterocycles. The number of aliphatic hydroxyl groups is 6. The van der Waals surface area contributed by atoms with Crippen LogP contribution in [0.2, 0.25) is 0 Å². The fourth-order valence-electron chi connectivity index (χ4n) is 4.92. The number of esters is 1. The first-order chi connectivity index (χ1) is 16.6. The van der Waals surface area contributed by atoms with E-state index in [1.807, 2.05) is 18.2 Å². The third kappa shape index (κ3) is 4.86. The molecule has 11 heteroatoms. The zero-order chi connectivity index (χ0) is 25.4. The largest absolute Gasteiger partial charge is 0.472 e. The van der Waals surface area contributed by atoms with E-state index in [0.29, 0.717) is 0 Å². The second-order valence-electron chi connectivity index (χ2n) is 9.20. The summed E-state index contributed by atoms with van der Waals surface area (Å²) in [6.07, 6.45) is -5.57. The molecule has 2 aliphatic heterocycles. The molecule has 1 aromatic carbocycles. The van der Waals surface area contributed by atoms with Crippen molar-refractivity contribution >= 4 is 12.0 Å². The molecule has 192 valence electrons. The molecule has 0 amide bonds. The number of carbonyl (C=O) groups is 1. The highest BCUT2D eigenvalue weighted by molar-refractivity contribution is 5.87. The van der Waals surface area contributed by atoms with Gasteiger partial charge in [0, 0.05) is 12.5 Å². The number of benzene rings is 1. The van der Waals surface area contributed by atoms with E-state index in [1.54, 1.807) is 18.2 Å². The molecule has 35 heavy (non-hydrogen) atoms. The first kappa shape index (κ1) is 25.7. The van der Waals surface area contributed by atoms with Crippen molar-refractivity contribution in [2.45, 2.75) is 67.6 Å². The van der Waals surface area contributed by atoms with Gasteiger partial charge in [-0.3, -0.25) is 0 Å². The van der Waals surface area contributed by atoms with Gasteiger partial charge in [-0.15, -0.1) is 0 Å². The lowest BCUT2D eigenvalue weighted by molar-refractivity contribution is -0.351. The van der Waals surface area contributed by atoms with Crippen LogP contribution in [0.15, 0.2) is 48.7 Å². The Morgan fingerprint density at radius 2 is 1.83 bits per heavy atom. The summed E-state index contributed by atoms with van der Waals surface area (Å²) >= 11 is 0. The summed E-state index contributed by atoms with van der Waals surface area (Å²) < 4.78 is 22.3. The van der Waals surface area contributed by atoms with Crippen LogP contribution in [-0.4, -0.2) is 97.5 Å². The fraction of sp³-hybridized carbons (Fsp3) is 0.542. The van der Waals surface area contributed by atoms with Crippen LogP contribution < -0.4 is 0 Å². The summed E-state index contributed by atoms with van der Waals surface area (Å²) in [6, 6.07) is 9.06. The second-order valence-corrected chi connectivity index (χ2v) is 9.20. The standard InChI is InChI=1S/C24H30O11/c1-23(35-16(27)8-7-13-5-3-2-4-6-13)11-15(26)24(31)9-10-32-22(20(23)24)34-21-19(30)18(29)17(28)14(12-25)33-21/h2-10,14-15,17-22,25-26,28-31H,11-12H2,1H3/b8-7+/t14-,15-,17-,18+,19-,20-,21+,22+,23+,24-/m0/s1. The molecular formula is C24H30O11. The van der Waals surface area contributed by atoms with Crippen LogP contribution in [0.5, 0.6) is 0 Å². The molecule has 4 rings (SSSR count). The van der Waals surface area contributed by atoms with E-state index < -0.39 is 72.8 Å². The van der Waals surface area contributed by atoms with Gasteiger partial charge in [-0.25, -0.2) is 4.79 Å². The molecule has 2 fully saturated rings. The summed E-state index contributed by atoms with van der Waals surface area (Å²) in [5, 5.41) is 61.7. The molecule has 10 atom stereocenters. The Kier molecular flexibility index (Phi) is 7.32. The summed E-state index contributed by atoms with van der Waals surface area (Å²) in [5.74, 6) is -1.90. The van der Waals surface area contributed by atoms with Gasteiger partial charge in [0.25, 0.3) is 0 Å². The molecule has 0 bridgehead atoms. The summed E-state index contributed by atoms with van der Waals surface area (Å²) in [6.45, 7) is 0.852. The van der Waals surface area contributed by atoms with Gasteiger partial charge >= 0.3 is 5.97 Å². The van der Waals surface area contributed by atoms with Gasteiger partial charge in [0.05, 0.1) is 24.9 Å². The Morgan fingerprint density at radius 1 is 1.11 bits per heavy atom. The van der Waals surface area contributed by atoms with E-state index in [1.165, 1.54) is 19.1 Å². The third-order valence-corrected chi connectivity index (χ3v) is 6.77. The quantitative estimate of drug-likeness (QED) is 0.207. The van der Waals surface area contributed by atoms with Gasteiger partial charge in [0.2, 0.25) is 6.29 Å². The monoisotopic (exact) mass is 494 g/mol. The molecular weight excluding hydrogens is 464 g/mol. The average molecular weight is 494 g/mol. The first-order valence-electron chi connectivity index (χ1n) is 11.2. The highest BCUT2D eigenvalue weighted by atomic mass is 16.8. The lowest BCUT2D eigenvalue weighted by atomic mass is 9.81. The predicted octanol–water partition coefficient (Wildman–Crippen LogP) is -1.20. The fourth-order valence-corrected chi connectivity index (χ4v) is 4.92. The highest BCUT2D eigenvalue weighted by Crippen LogP contribution is 2.51. The Morgan fingerprint density at radius 3 is 2.51 bits per heavy atom. The number of ether oxygens (including phenoxy) is 4. The molecule has 2 heterocycles. The maximum absolute atomic E-state index is 12.6. The molecule has 11 nitrogen and oxygen atoms in total. The van der Waals surface area contributed by atoms with E-state index in [-0.39, 0.29) is 6.42 Å². The van der Waals surface area contributed by atoms with Crippen LogP contribution in [-0.2, 0) is 23.7 Å². The van der Waals surface area contributed by atoms with E-state index in [4.69, 9.17) is 18.9 Å². The molecule has 0 spiro atoms. The van der Waals surface area contributed by atoms with Crippen molar-refractivity contribution in [3.63, 3.8) is 0 Å². The van der Waals surface area contributed by atoms with Crippen LogP contribution in [0.3, 0.4) is 0 Å². The van der Waals surface area contributed by atoms with Crippen LogP contribution in [0.4, 0.5) is 0 Å². The molecule has 0 unspecified atom stereocenters. The Balaban J connectivity index is 1.55. The van der Waals surface area contributed by atoms with Gasteiger partial charge in [0.15, 0.2) is 6.29 Å². The van der Waals surface area contributed by atoms with E-state index in [2.05, 4.69) is 0 Å². The van der Waals surface area contributed by atoms with Crippen molar-refractivity contribution in [1.29, 1.82) is 0 Å². The summed E-state index contributed by atoms with van der Waals surface area (Å²) in [5.41, 5.74) is -2.62. The number of carbonyl (C=O) groups excluding carboxylic acids is 1. The lowest BCUT2D eigenvalue weighted by Gasteiger charge is -2.45. The van der Waals surface area contributed by atoms with Crippen molar-refractivity contribution in [3.05, 3.63) is 54.3 Å².